The molecule has 5 aromatic rings. The quantitative estimate of drug-likeness (QED) is 0.180. The number of nitrogens with zero attached hydrogens (tertiary/aromatic N) is 2. The van der Waals surface area contributed by atoms with Gasteiger partial charge in [-0.3, -0.25) is 4.57 Å². The van der Waals surface area contributed by atoms with Crippen LogP contribution in [0.15, 0.2) is 81.1 Å². The van der Waals surface area contributed by atoms with Crippen LogP contribution in [0, 0.1) is 6.92 Å². The summed E-state index contributed by atoms with van der Waals surface area (Å²) in [5.74, 6) is 1.83. The SMILES string of the molecule is CCOc1ccc(-n2c(SCc3cc(=O)oc4cc(C)c(C(C)C)cc34)nc3ccccc32)cc1. The Balaban J connectivity index is 1.56. The molecule has 0 spiro atoms. The second-order valence-corrected chi connectivity index (χ2v) is 9.83. The van der Waals surface area contributed by atoms with Crippen molar-refractivity contribution in [3.63, 3.8) is 0 Å². The zero-order valence-corrected chi connectivity index (χ0v) is 21.2. The molecule has 0 unspecified atom stereocenters. The summed E-state index contributed by atoms with van der Waals surface area (Å²) in [5.41, 5.74) is 6.64. The van der Waals surface area contributed by atoms with Crippen molar-refractivity contribution in [2.75, 3.05) is 6.61 Å². The number of hydrogen-bond acceptors (Lipinski definition) is 5. The average molecular weight is 485 g/mol. The van der Waals surface area contributed by atoms with Crippen molar-refractivity contribution in [2.45, 2.75) is 44.5 Å². The van der Waals surface area contributed by atoms with Gasteiger partial charge in [-0.1, -0.05) is 37.7 Å². The van der Waals surface area contributed by atoms with Crippen LogP contribution in [0.3, 0.4) is 0 Å². The number of imidazole rings is 1. The fourth-order valence-electron chi connectivity index (χ4n) is 4.48. The monoisotopic (exact) mass is 484 g/mol. The van der Waals surface area contributed by atoms with E-state index in [2.05, 4.69) is 37.5 Å². The van der Waals surface area contributed by atoms with Crippen molar-refractivity contribution in [3.05, 3.63) is 93.8 Å². The lowest BCUT2D eigenvalue weighted by Crippen LogP contribution is -2.03. The Labute approximate surface area is 208 Å². The molecule has 2 heterocycles. The number of aryl methyl sites for hydroxylation is 1. The number of ether oxygens (including phenoxy) is 1. The van der Waals surface area contributed by atoms with E-state index in [4.69, 9.17) is 14.1 Å². The van der Waals surface area contributed by atoms with Gasteiger partial charge in [0.25, 0.3) is 0 Å². The standard InChI is InChI=1S/C29H28N2O3S/c1-5-33-22-12-10-21(11-13-22)31-26-9-7-6-8-25(26)30-29(31)35-17-20-15-28(32)34-27-14-19(4)23(18(2)3)16-24(20)27/h6-16,18H,5,17H2,1-4H3. The Hall–Kier alpha value is -3.51. The Kier molecular flexibility index (Phi) is 6.39. The molecule has 0 radical (unpaired) electrons. The number of aromatic nitrogens is 2. The molecule has 5 nitrogen and oxygen atoms in total. The van der Waals surface area contributed by atoms with E-state index >= 15 is 0 Å². The van der Waals surface area contributed by atoms with E-state index in [1.807, 2.05) is 55.5 Å². The van der Waals surface area contributed by atoms with Crippen molar-refractivity contribution in [1.29, 1.82) is 0 Å². The zero-order valence-electron chi connectivity index (χ0n) is 20.4. The maximum Gasteiger partial charge on any atom is 0.336 e. The molecule has 0 aliphatic carbocycles. The Morgan fingerprint density at radius 2 is 1.83 bits per heavy atom. The van der Waals surface area contributed by atoms with Gasteiger partial charge in [0.1, 0.15) is 11.3 Å². The van der Waals surface area contributed by atoms with Gasteiger partial charge in [0, 0.05) is 22.9 Å². The van der Waals surface area contributed by atoms with Crippen molar-refractivity contribution < 1.29 is 9.15 Å². The number of rotatable bonds is 7. The molecule has 6 heteroatoms. The molecule has 3 aromatic carbocycles. The Bertz CT molecular complexity index is 1570. The van der Waals surface area contributed by atoms with Gasteiger partial charge < -0.3 is 9.15 Å². The summed E-state index contributed by atoms with van der Waals surface area (Å²) >= 11 is 1.62. The van der Waals surface area contributed by atoms with Crippen LogP contribution in [-0.4, -0.2) is 16.2 Å². The summed E-state index contributed by atoms with van der Waals surface area (Å²) in [6.07, 6.45) is 0. The normalized spacial score (nSPS) is 11.6. The minimum Gasteiger partial charge on any atom is -0.494 e. The van der Waals surface area contributed by atoms with Gasteiger partial charge in [0.2, 0.25) is 0 Å². The second-order valence-electron chi connectivity index (χ2n) is 8.88. The minimum absolute atomic E-state index is 0.329. The van der Waals surface area contributed by atoms with Crippen LogP contribution in [0.25, 0.3) is 27.7 Å². The second kappa shape index (κ2) is 9.62. The van der Waals surface area contributed by atoms with Crippen LogP contribution < -0.4 is 10.4 Å². The molecule has 178 valence electrons. The predicted octanol–water partition coefficient (Wildman–Crippen LogP) is 7.25. The molecular formula is C29H28N2O3S. The number of benzene rings is 3. The topological polar surface area (TPSA) is 57.3 Å². The first-order valence-corrected chi connectivity index (χ1v) is 12.8. The summed E-state index contributed by atoms with van der Waals surface area (Å²) in [5, 5.41) is 1.85. The summed E-state index contributed by atoms with van der Waals surface area (Å²) < 4.78 is 13.3. The van der Waals surface area contributed by atoms with Crippen LogP contribution in [0.1, 0.15) is 43.4 Å². The first-order valence-electron chi connectivity index (χ1n) is 11.9. The molecule has 0 saturated heterocycles. The van der Waals surface area contributed by atoms with E-state index in [1.54, 1.807) is 17.8 Å². The smallest absolute Gasteiger partial charge is 0.336 e. The van der Waals surface area contributed by atoms with Gasteiger partial charge in [0.05, 0.1) is 17.6 Å². The van der Waals surface area contributed by atoms with Gasteiger partial charge >= 0.3 is 5.63 Å². The lowest BCUT2D eigenvalue weighted by atomic mass is 9.95. The highest BCUT2D eigenvalue weighted by Gasteiger charge is 2.16. The molecular weight excluding hydrogens is 456 g/mol. The van der Waals surface area contributed by atoms with Crippen LogP contribution in [0.5, 0.6) is 5.75 Å². The maximum atomic E-state index is 12.4. The maximum absolute atomic E-state index is 12.4. The third-order valence-electron chi connectivity index (χ3n) is 6.13. The van der Waals surface area contributed by atoms with Crippen molar-refractivity contribution in [3.8, 4) is 11.4 Å². The van der Waals surface area contributed by atoms with Crippen molar-refractivity contribution in [1.82, 2.24) is 9.55 Å². The summed E-state index contributed by atoms with van der Waals surface area (Å²) in [7, 11) is 0. The molecule has 0 aliphatic heterocycles. The van der Waals surface area contributed by atoms with E-state index in [0.717, 1.165) is 44.1 Å². The molecule has 0 fully saturated rings. The fourth-order valence-corrected chi connectivity index (χ4v) is 5.50. The van der Waals surface area contributed by atoms with Gasteiger partial charge in [-0.05, 0) is 85.0 Å². The third-order valence-corrected chi connectivity index (χ3v) is 7.12. The first kappa shape index (κ1) is 23.2. The Morgan fingerprint density at radius 1 is 1.06 bits per heavy atom. The number of para-hydroxylation sites is 2. The lowest BCUT2D eigenvalue weighted by molar-refractivity contribution is 0.340. The van der Waals surface area contributed by atoms with Crippen LogP contribution in [0.2, 0.25) is 0 Å². The molecule has 2 aromatic heterocycles. The largest absolute Gasteiger partial charge is 0.494 e. The molecule has 0 atom stereocenters. The van der Waals surface area contributed by atoms with Crippen LogP contribution >= 0.6 is 11.8 Å². The van der Waals surface area contributed by atoms with Crippen LogP contribution in [-0.2, 0) is 5.75 Å². The van der Waals surface area contributed by atoms with Crippen molar-refractivity contribution in [2.24, 2.45) is 0 Å². The van der Waals surface area contributed by atoms with E-state index < -0.39 is 0 Å². The minimum atomic E-state index is -0.329. The Morgan fingerprint density at radius 3 is 2.57 bits per heavy atom. The van der Waals surface area contributed by atoms with Crippen molar-refractivity contribution >= 4 is 33.8 Å². The van der Waals surface area contributed by atoms with Gasteiger partial charge in [-0.15, -0.1) is 0 Å². The summed E-state index contributed by atoms with van der Waals surface area (Å²) in [6.45, 7) is 9.04. The lowest BCUT2D eigenvalue weighted by Gasteiger charge is -2.13. The average Bonchev–Trinajstić information content (AvgIpc) is 3.21. The number of fused-ring (bicyclic) bond motifs is 2. The number of hydrogen-bond donors (Lipinski definition) is 0. The summed E-state index contributed by atoms with van der Waals surface area (Å²) in [6, 6.07) is 21.9. The molecule has 0 N–H and O–H groups in total. The van der Waals surface area contributed by atoms with Crippen LogP contribution in [0.4, 0.5) is 0 Å². The van der Waals surface area contributed by atoms with E-state index in [9.17, 15) is 4.79 Å². The van der Waals surface area contributed by atoms with E-state index in [0.29, 0.717) is 23.9 Å². The zero-order chi connectivity index (χ0) is 24.5. The fraction of sp³-hybridized carbons (Fsp3) is 0.241. The molecule has 0 aliphatic rings. The van der Waals surface area contributed by atoms with Gasteiger partial charge in [0.15, 0.2) is 5.16 Å². The number of thioether (sulfide) groups is 1. The highest BCUT2D eigenvalue weighted by molar-refractivity contribution is 7.98. The summed E-state index contributed by atoms with van der Waals surface area (Å²) in [4.78, 5) is 17.3. The van der Waals surface area contributed by atoms with Gasteiger partial charge in [-0.2, -0.15) is 0 Å². The van der Waals surface area contributed by atoms with E-state index in [1.165, 1.54) is 5.56 Å². The molecule has 0 amide bonds. The first-order chi connectivity index (χ1) is 16.9. The highest BCUT2D eigenvalue weighted by atomic mass is 32.2. The van der Waals surface area contributed by atoms with Gasteiger partial charge in [-0.25, -0.2) is 9.78 Å². The van der Waals surface area contributed by atoms with E-state index in [-0.39, 0.29) is 5.63 Å². The molecule has 0 bridgehead atoms. The molecule has 0 saturated carbocycles. The third kappa shape index (κ3) is 4.58. The predicted molar refractivity (Wildman–Crippen MR) is 143 cm³/mol. The highest BCUT2D eigenvalue weighted by Crippen LogP contribution is 2.33. The molecule has 5 rings (SSSR count). The molecule has 35 heavy (non-hydrogen) atoms.